The molecule has 1 aliphatic heterocycles. The van der Waals surface area contributed by atoms with Gasteiger partial charge in [0.1, 0.15) is 11.3 Å². The molecule has 1 aromatic carbocycles. The summed E-state index contributed by atoms with van der Waals surface area (Å²) >= 11 is 0. The molecule has 132 valence electrons. The minimum atomic E-state index is -4.67. The minimum absolute atomic E-state index is 0.0453. The van der Waals surface area contributed by atoms with Crippen molar-refractivity contribution in [3.8, 4) is 0 Å². The average Bonchev–Trinajstić information content (AvgIpc) is 3.04. The summed E-state index contributed by atoms with van der Waals surface area (Å²) in [6, 6.07) is 1.27. The lowest BCUT2D eigenvalue weighted by Gasteiger charge is -2.32. The highest BCUT2D eigenvalue weighted by molar-refractivity contribution is 5.93. The number of likely N-dealkylation sites (N-methyl/N-ethyl adjacent to an activating group) is 1. The van der Waals surface area contributed by atoms with Crippen LogP contribution in [0.25, 0.3) is 16.6 Å². The van der Waals surface area contributed by atoms with Crippen molar-refractivity contribution in [2.24, 2.45) is 0 Å². The van der Waals surface area contributed by atoms with E-state index in [4.69, 9.17) is 0 Å². The first-order valence-electron chi connectivity index (χ1n) is 7.56. The third-order valence-electron chi connectivity index (χ3n) is 4.29. The van der Waals surface area contributed by atoms with Crippen molar-refractivity contribution < 1.29 is 17.6 Å². The molecule has 0 spiro atoms. The molecular weight excluding hydrogens is 342 g/mol. The predicted molar refractivity (Wildman–Crippen MR) is 80.8 cm³/mol. The summed E-state index contributed by atoms with van der Waals surface area (Å²) in [5.41, 5.74) is -1.23. The van der Waals surface area contributed by atoms with Gasteiger partial charge in [0, 0.05) is 26.2 Å². The summed E-state index contributed by atoms with van der Waals surface area (Å²) in [6.45, 7) is 2.82. The van der Waals surface area contributed by atoms with Crippen LogP contribution in [0.1, 0.15) is 5.56 Å². The number of hydrogen-bond donors (Lipinski definition) is 0. The van der Waals surface area contributed by atoms with Crippen LogP contribution >= 0.6 is 0 Å². The Morgan fingerprint density at radius 1 is 1.08 bits per heavy atom. The van der Waals surface area contributed by atoms with Crippen molar-refractivity contribution in [3.05, 3.63) is 23.5 Å². The Kier molecular flexibility index (Phi) is 3.49. The number of anilines is 1. The molecule has 7 nitrogen and oxygen atoms in total. The molecule has 0 N–H and O–H groups in total. The zero-order chi connectivity index (χ0) is 17.8. The van der Waals surface area contributed by atoms with Crippen LogP contribution in [0, 0.1) is 5.82 Å². The molecule has 0 amide bonds. The Hall–Kier alpha value is -2.56. The van der Waals surface area contributed by atoms with Crippen LogP contribution in [-0.4, -0.2) is 63.2 Å². The smallest absolute Gasteiger partial charge is 0.338 e. The van der Waals surface area contributed by atoms with Crippen molar-refractivity contribution in [2.45, 2.75) is 6.18 Å². The van der Waals surface area contributed by atoms with Crippen molar-refractivity contribution in [1.29, 1.82) is 0 Å². The van der Waals surface area contributed by atoms with Crippen LogP contribution in [0.3, 0.4) is 0 Å². The van der Waals surface area contributed by atoms with Gasteiger partial charge in [-0.2, -0.15) is 17.7 Å². The quantitative estimate of drug-likeness (QED) is 0.618. The SMILES string of the molecule is CN1CCN(c2nc3c(F)cc(C(F)(F)F)cc3c3nnnn23)CC1. The number of nitrogens with zero attached hydrogens (tertiary/aromatic N) is 7. The van der Waals surface area contributed by atoms with E-state index in [-0.39, 0.29) is 16.6 Å². The summed E-state index contributed by atoms with van der Waals surface area (Å²) in [5, 5.41) is 11.0. The number of tetrazole rings is 1. The van der Waals surface area contributed by atoms with E-state index in [1.54, 1.807) is 0 Å². The maximum Gasteiger partial charge on any atom is 0.416 e. The van der Waals surface area contributed by atoms with Gasteiger partial charge in [-0.3, -0.25) is 0 Å². The predicted octanol–water partition coefficient (Wildman–Crippen LogP) is 1.58. The Balaban J connectivity index is 1.94. The number of alkyl halides is 3. The van der Waals surface area contributed by atoms with Gasteiger partial charge in [-0.05, 0) is 29.6 Å². The monoisotopic (exact) mass is 355 g/mol. The molecule has 0 saturated carbocycles. The highest BCUT2D eigenvalue weighted by Gasteiger charge is 2.33. The standard InChI is InChI=1S/C14H13F4N7/c1-23-2-4-24(5-3-23)13-19-11-9(12-20-21-22-25(12)13)6-8(7-10(11)15)14(16,17)18/h6-7H,2-5H2,1H3. The van der Waals surface area contributed by atoms with E-state index in [1.165, 1.54) is 4.52 Å². The Labute approximate surface area is 138 Å². The van der Waals surface area contributed by atoms with Gasteiger partial charge in [0.05, 0.1) is 10.9 Å². The first-order chi connectivity index (χ1) is 11.8. The molecule has 11 heteroatoms. The van der Waals surface area contributed by atoms with Crippen molar-refractivity contribution in [2.75, 3.05) is 38.1 Å². The number of benzene rings is 1. The third kappa shape index (κ3) is 2.64. The van der Waals surface area contributed by atoms with Crippen molar-refractivity contribution >= 4 is 22.5 Å². The number of aromatic nitrogens is 5. The lowest BCUT2D eigenvalue weighted by Crippen LogP contribution is -2.45. The second-order valence-electron chi connectivity index (χ2n) is 5.97. The number of piperazine rings is 1. The lowest BCUT2D eigenvalue weighted by molar-refractivity contribution is -0.137. The zero-order valence-corrected chi connectivity index (χ0v) is 13.1. The highest BCUT2D eigenvalue weighted by atomic mass is 19.4. The Bertz CT molecular complexity index is 944. The van der Waals surface area contributed by atoms with Gasteiger partial charge in [-0.25, -0.2) is 9.37 Å². The molecule has 0 unspecified atom stereocenters. The topological polar surface area (TPSA) is 62.5 Å². The number of rotatable bonds is 1. The van der Waals surface area contributed by atoms with Gasteiger partial charge in [0.25, 0.3) is 0 Å². The van der Waals surface area contributed by atoms with E-state index < -0.39 is 17.6 Å². The molecule has 1 aliphatic rings. The normalized spacial score (nSPS) is 16.9. The Morgan fingerprint density at radius 2 is 1.80 bits per heavy atom. The van der Waals surface area contributed by atoms with Crippen LogP contribution in [-0.2, 0) is 6.18 Å². The average molecular weight is 355 g/mol. The summed E-state index contributed by atoms with van der Waals surface area (Å²) in [6.07, 6.45) is -4.67. The fraction of sp³-hybridized carbons (Fsp3) is 0.429. The van der Waals surface area contributed by atoms with E-state index in [0.717, 1.165) is 19.2 Å². The van der Waals surface area contributed by atoms with E-state index >= 15 is 0 Å². The van der Waals surface area contributed by atoms with Gasteiger partial charge < -0.3 is 9.80 Å². The number of fused-ring (bicyclic) bond motifs is 3. The Morgan fingerprint density at radius 3 is 2.48 bits per heavy atom. The molecular formula is C14H13F4N7. The van der Waals surface area contributed by atoms with Crippen LogP contribution < -0.4 is 4.90 Å². The fourth-order valence-corrected chi connectivity index (χ4v) is 2.90. The van der Waals surface area contributed by atoms with Crippen LogP contribution in [0.4, 0.5) is 23.5 Å². The first kappa shape index (κ1) is 15.9. The van der Waals surface area contributed by atoms with Crippen LogP contribution in [0.5, 0.6) is 0 Å². The van der Waals surface area contributed by atoms with Gasteiger partial charge in [0.2, 0.25) is 5.95 Å². The molecule has 2 aromatic heterocycles. The number of hydrogen-bond acceptors (Lipinski definition) is 6. The van der Waals surface area contributed by atoms with E-state index in [0.29, 0.717) is 25.1 Å². The highest BCUT2D eigenvalue weighted by Crippen LogP contribution is 2.34. The molecule has 1 saturated heterocycles. The molecule has 0 radical (unpaired) electrons. The molecule has 0 bridgehead atoms. The maximum atomic E-state index is 14.4. The summed E-state index contributed by atoms with van der Waals surface area (Å²) in [7, 11) is 1.98. The van der Waals surface area contributed by atoms with Gasteiger partial charge in [-0.1, -0.05) is 0 Å². The third-order valence-corrected chi connectivity index (χ3v) is 4.29. The second-order valence-corrected chi connectivity index (χ2v) is 5.97. The summed E-state index contributed by atoms with van der Waals surface area (Å²) in [5.74, 6) is -0.732. The fourth-order valence-electron chi connectivity index (χ4n) is 2.90. The van der Waals surface area contributed by atoms with Gasteiger partial charge in [0.15, 0.2) is 5.65 Å². The first-order valence-corrected chi connectivity index (χ1v) is 7.56. The summed E-state index contributed by atoms with van der Waals surface area (Å²) < 4.78 is 54.5. The van der Waals surface area contributed by atoms with E-state index in [1.807, 2.05) is 11.9 Å². The summed E-state index contributed by atoms with van der Waals surface area (Å²) in [4.78, 5) is 8.25. The largest absolute Gasteiger partial charge is 0.416 e. The van der Waals surface area contributed by atoms with Gasteiger partial charge in [-0.15, -0.1) is 5.10 Å². The van der Waals surface area contributed by atoms with Crippen molar-refractivity contribution in [3.63, 3.8) is 0 Å². The molecule has 0 atom stereocenters. The molecule has 3 heterocycles. The van der Waals surface area contributed by atoms with E-state index in [9.17, 15) is 17.6 Å². The van der Waals surface area contributed by atoms with Crippen LogP contribution in [0.15, 0.2) is 12.1 Å². The molecule has 4 rings (SSSR count). The minimum Gasteiger partial charge on any atom is -0.338 e. The zero-order valence-electron chi connectivity index (χ0n) is 13.1. The molecule has 0 aliphatic carbocycles. The maximum absolute atomic E-state index is 14.4. The molecule has 3 aromatic rings. The molecule has 1 fully saturated rings. The van der Waals surface area contributed by atoms with E-state index in [2.05, 4.69) is 25.4 Å². The van der Waals surface area contributed by atoms with Gasteiger partial charge >= 0.3 is 6.18 Å². The number of halogens is 4. The van der Waals surface area contributed by atoms with Crippen LogP contribution in [0.2, 0.25) is 0 Å². The van der Waals surface area contributed by atoms with Crippen molar-refractivity contribution in [1.82, 2.24) is 29.9 Å². The second kappa shape index (κ2) is 5.48. The lowest BCUT2D eigenvalue weighted by atomic mass is 10.1. The molecule has 25 heavy (non-hydrogen) atoms.